The SMILES string of the molecule is CC(C)NC/C(=C/c1cc(F)cc(Cl)c1)C1CCCCC1. The lowest BCUT2D eigenvalue weighted by molar-refractivity contribution is 0.394. The molecule has 0 saturated heterocycles. The van der Waals surface area contributed by atoms with E-state index in [2.05, 4.69) is 25.2 Å². The van der Waals surface area contributed by atoms with Crippen LogP contribution in [0.25, 0.3) is 6.08 Å². The van der Waals surface area contributed by atoms with Crippen molar-refractivity contribution >= 4 is 17.7 Å². The van der Waals surface area contributed by atoms with Gasteiger partial charge in [0.25, 0.3) is 0 Å². The predicted octanol–water partition coefficient (Wildman–Crippen LogP) is 5.44. The van der Waals surface area contributed by atoms with E-state index in [1.54, 1.807) is 6.07 Å². The smallest absolute Gasteiger partial charge is 0.125 e. The van der Waals surface area contributed by atoms with Crippen molar-refractivity contribution in [1.29, 1.82) is 0 Å². The largest absolute Gasteiger partial charge is 0.311 e. The van der Waals surface area contributed by atoms with E-state index in [-0.39, 0.29) is 5.82 Å². The molecule has 0 aromatic heterocycles. The summed E-state index contributed by atoms with van der Waals surface area (Å²) in [5, 5.41) is 3.96. The van der Waals surface area contributed by atoms with Gasteiger partial charge in [-0.15, -0.1) is 0 Å². The number of rotatable bonds is 5. The zero-order valence-corrected chi connectivity index (χ0v) is 13.7. The maximum atomic E-state index is 13.5. The minimum Gasteiger partial charge on any atom is -0.311 e. The molecule has 2 rings (SSSR count). The van der Waals surface area contributed by atoms with Gasteiger partial charge in [0.15, 0.2) is 0 Å². The molecule has 1 aliphatic carbocycles. The summed E-state index contributed by atoms with van der Waals surface area (Å²) in [6.45, 7) is 5.17. The molecule has 1 aromatic carbocycles. The van der Waals surface area contributed by atoms with Gasteiger partial charge in [-0.25, -0.2) is 4.39 Å². The van der Waals surface area contributed by atoms with E-state index in [1.807, 2.05) is 6.07 Å². The lowest BCUT2D eigenvalue weighted by Gasteiger charge is -2.26. The third-order valence-corrected chi connectivity index (χ3v) is 4.30. The summed E-state index contributed by atoms with van der Waals surface area (Å²) < 4.78 is 13.5. The number of hydrogen-bond acceptors (Lipinski definition) is 1. The normalized spacial score (nSPS) is 17.5. The van der Waals surface area contributed by atoms with E-state index in [9.17, 15) is 4.39 Å². The van der Waals surface area contributed by atoms with Gasteiger partial charge in [0.2, 0.25) is 0 Å². The van der Waals surface area contributed by atoms with Gasteiger partial charge in [-0.3, -0.25) is 0 Å². The summed E-state index contributed by atoms with van der Waals surface area (Å²) in [7, 11) is 0. The lowest BCUT2D eigenvalue weighted by Crippen LogP contribution is -2.27. The maximum absolute atomic E-state index is 13.5. The van der Waals surface area contributed by atoms with Gasteiger partial charge < -0.3 is 5.32 Å². The van der Waals surface area contributed by atoms with Gasteiger partial charge in [-0.1, -0.05) is 56.4 Å². The molecule has 0 amide bonds. The summed E-state index contributed by atoms with van der Waals surface area (Å²) >= 11 is 5.96. The highest BCUT2D eigenvalue weighted by atomic mass is 35.5. The Labute approximate surface area is 132 Å². The molecule has 116 valence electrons. The Morgan fingerprint density at radius 1 is 1.29 bits per heavy atom. The van der Waals surface area contributed by atoms with Crippen LogP contribution in [0.1, 0.15) is 51.5 Å². The van der Waals surface area contributed by atoms with Crippen molar-refractivity contribution in [2.45, 2.75) is 52.0 Å². The Hall–Kier alpha value is -0.860. The third kappa shape index (κ3) is 5.44. The van der Waals surface area contributed by atoms with Gasteiger partial charge in [-0.05, 0) is 42.5 Å². The van der Waals surface area contributed by atoms with Crippen LogP contribution in [0.5, 0.6) is 0 Å². The number of nitrogens with one attached hydrogen (secondary N) is 1. The fourth-order valence-corrected chi connectivity index (χ4v) is 3.21. The summed E-state index contributed by atoms with van der Waals surface area (Å²) in [4.78, 5) is 0. The van der Waals surface area contributed by atoms with Crippen molar-refractivity contribution in [2.24, 2.45) is 5.92 Å². The summed E-state index contributed by atoms with van der Waals surface area (Å²) in [6.07, 6.45) is 8.55. The Bertz CT molecular complexity index is 470. The molecule has 1 fully saturated rings. The summed E-state index contributed by atoms with van der Waals surface area (Å²) in [5.74, 6) is 0.348. The van der Waals surface area contributed by atoms with E-state index >= 15 is 0 Å². The van der Waals surface area contributed by atoms with Crippen molar-refractivity contribution in [2.75, 3.05) is 6.54 Å². The van der Waals surface area contributed by atoms with Gasteiger partial charge in [0.05, 0.1) is 0 Å². The van der Waals surface area contributed by atoms with Crippen LogP contribution < -0.4 is 5.32 Å². The Morgan fingerprint density at radius 2 is 2.00 bits per heavy atom. The zero-order chi connectivity index (χ0) is 15.2. The summed E-state index contributed by atoms with van der Waals surface area (Å²) in [5.41, 5.74) is 2.25. The first-order valence-electron chi connectivity index (χ1n) is 7.94. The average Bonchev–Trinajstić information content (AvgIpc) is 2.43. The quantitative estimate of drug-likeness (QED) is 0.763. The van der Waals surface area contributed by atoms with E-state index in [4.69, 9.17) is 11.6 Å². The number of halogens is 2. The minimum atomic E-state index is -0.270. The second-order valence-corrected chi connectivity index (χ2v) is 6.73. The molecule has 0 atom stereocenters. The Balaban J connectivity index is 2.21. The first kappa shape index (κ1) is 16.5. The third-order valence-electron chi connectivity index (χ3n) is 4.08. The number of benzene rings is 1. The topological polar surface area (TPSA) is 12.0 Å². The molecule has 1 saturated carbocycles. The highest BCUT2D eigenvalue weighted by Gasteiger charge is 2.18. The molecule has 0 bridgehead atoms. The highest BCUT2D eigenvalue weighted by Crippen LogP contribution is 2.31. The molecule has 0 spiro atoms. The van der Waals surface area contributed by atoms with E-state index in [1.165, 1.54) is 43.7 Å². The van der Waals surface area contributed by atoms with Crippen molar-refractivity contribution in [3.8, 4) is 0 Å². The fourth-order valence-electron chi connectivity index (χ4n) is 2.98. The molecule has 0 radical (unpaired) electrons. The molecular weight excluding hydrogens is 285 g/mol. The van der Waals surface area contributed by atoms with Gasteiger partial charge in [-0.2, -0.15) is 0 Å². The molecule has 1 N–H and O–H groups in total. The molecule has 0 aliphatic heterocycles. The molecule has 1 aromatic rings. The van der Waals surface area contributed by atoms with Crippen LogP contribution in [0.3, 0.4) is 0 Å². The monoisotopic (exact) mass is 309 g/mol. The summed E-state index contributed by atoms with van der Waals surface area (Å²) in [6, 6.07) is 5.20. The molecule has 3 heteroatoms. The molecule has 1 nitrogen and oxygen atoms in total. The van der Waals surface area contributed by atoms with E-state index < -0.39 is 0 Å². The fraction of sp³-hybridized carbons (Fsp3) is 0.556. The second-order valence-electron chi connectivity index (χ2n) is 6.29. The average molecular weight is 310 g/mol. The second kappa shape index (κ2) is 7.95. The first-order chi connectivity index (χ1) is 10.0. The van der Waals surface area contributed by atoms with Crippen LogP contribution in [0.4, 0.5) is 4.39 Å². The predicted molar refractivity (Wildman–Crippen MR) is 89.1 cm³/mol. The van der Waals surface area contributed by atoms with Crippen molar-refractivity contribution in [3.63, 3.8) is 0 Å². The number of hydrogen-bond donors (Lipinski definition) is 1. The molecule has 21 heavy (non-hydrogen) atoms. The van der Waals surface area contributed by atoms with Crippen molar-refractivity contribution in [3.05, 3.63) is 40.2 Å². The first-order valence-corrected chi connectivity index (χ1v) is 8.32. The van der Waals surface area contributed by atoms with Crippen LogP contribution in [0.2, 0.25) is 5.02 Å². The van der Waals surface area contributed by atoms with Gasteiger partial charge >= 0.3 is 0 Å². The minimum absolute atomic E-state index is 0.270. The maximum Gasteiger partial charge on any atom is 0.125 e. The highest BCUT2D eigenvalue weighted by molar-refractivity contribution is 6.30. The van der Waals surface area contributed by atoms with Crippen molar-refractivity contribution < 1.29 is 4.39 Å². The molecule has 0 heterocycles. The zero-order valence-electron chi connectivity index (χ0n) is 13.0. The molecular formula is C18H25ClFN. The van der Waals surface area contributed by atoms with Crippen molar-refractivity contribution in [1.82, 2.24) is 5.32 Å². The van der Waals surface area contributed by atoms with Crippen LogP contribution in [0, 0.1) is 11.7 Å². The van der Waals surface area contributed by atoms with Gasteiger partial charge in [0.1, 0.15) is 5.82 Å². The molecule has 0 unspecified atom stereocenters. The van der Waals surface area contributed by atoms with E-state index in [0.29, 0.717) is 17.0 Å². The standard InChI is InChI=1S/C18H25ClFN/c1-13(2)21-12-16(15-6-4-3-5-7-15)8-14-9-17(19)11-18(20)10-14/h8-11,13,15,21H,3-7,12H2,1-2H3/b16-8-. The lowest BCUT2D eigenvalue weighted by atomic mass is 9.83. The van der Waals surface area contributed by atoms with E-state index in [0.717, 1.165) is 12.1 Å². The van der Waals surface area contributed by atoms with Crippen LogP contribution in [0.15, 0.2) is 23.8 Å². The van der Waals surface area contributed by atoms with Crippen LogP contribution in [-0.4, -0.2) is 12.6 Å². The van der Waals surface area contributed by atoms with Crippen LogP contribution >= 0.6 is 11.6 Å². The molecule has 1 aliphatic rings. The Kier molecular flexibility index (Phi) is 6.25. The van der Waals surface area contributed by atoms with Gasteiger partial charge in [0, 0.05) is 17.6 Å². The Morgan fingerprint density at radius 3 is 2.62 bits per heavy atom. The van der Waals surface area contributed by atoms with Crippen LogP contribution in [-0.2, 0) is 0 Å².